The zero-order valence-corrected chi connectivity index (χ0v) is 12.5. The van der Waals surface area contributed by atoms with Gasteiger partial charge in [0.2, 0.25) is 0 Å². The molecule has 0 spiro atoms. The molecule has 21 heavy (non-hydrogen) atoms. The van der Waals surface area contributed by atoms with E-state index in [0.29, 0.717) is 10.7 Å². The lowest BCUT2D eigenvalue weighted by Crippen LogP contribution is -2.19. The Kier molecular flexibility index (Phi) is 3.94. The molecule has 0 bridgehead atoms. The van der Waals surface area contributed by atoms with E-state index in [4.69, 9.17) is 11.6 Å². The predicted octanol–water partition coefficient (Wildman–Crippen LogP) is 4.84. The summed E-state index contributed by atoms with van der Waals surface area (Å²) in [7, 11) is 0. The largest absolute Gasteiger partial charge is 0.324 e. The van der Waals surface area contributed by atoms with Gasteiger partial charge in [-0.1, -0.05) is 23.7 Å². The third kappa shape index (κ3) is 3.09. The van der Waals surface area contributed by atoms with Crippen molar-refractivity contribution >= 4 is 39.7 Å². The van der Waals surface area contributed by atoms with Gasteiger partial charge in [0.25, 0.3) is 0 Å². The van der Waals surface area contributed by atoms with Crippen LogP contribution in [-0.4, -0.2) is 10.6 Å². The second-order valence-corrected chi connectivity index (χ2v) is 5.61. The first-order chi connectivity index (χ1) is 10.2. The van der Waals surface area contributed by atoms with Crippen molar-refractivity contribution in [2.24, 2.45) is 0 Å². The van der Waals surface area contributed by atoms with E-state index in [2.05, 4.69) is 10.6 Å². The van der Waals surface area contributed by atoms with Crippen LogP contribution in [0.4, 0.5) is 15.5 Å². The van der Waals surface area contributed by atoms with Crippen molar-refractivity contribution in [2.45, 2.75) is 0 Å². The van der Waals surface area contributed by atoms with E-state index in [0.717, 1.165) is 10.7 Å². The summed E-state index contributed by atoms with van der Waals surface area (Å²) in [6, 6.07) is 12.6. The molecule has 3 aromatic rings. The van der Waals surface area contributed by atoms with Crippen molar-refractivity contribution in [3.05, 3.63) is 65.3 Å². The highest BCUT2D eigenvalue weighted by Crippen LogP contribution is 2.27. The van der Waals surface area contributed by atoms with Crippen LogP contribution in [0, 0.1) is 0 Å². The number of anilines is 2. The van der Waals surface area contributed by atoms with Crippen molar-refractivity contribution in [1.82, 2.24) is 4.57 Å². The molecular weight excluding hydrogens is 306 g/mol. The molecule has 2 heterocycles. The zero-order valence-electron chi connectivity index (χ0n) is 10.9. The Bertz CT molecular complexity index is 752. The Morgan fingerprint density at radius 3 is 2.57 bits per heavy atom. The number of para-hydroxylation sites is 1. The third-order valence-corrected chi connectivity index (χ3v) is 4.02. The lowest BCUT2D eigenvalue weighted by Gasteiger charge is -2.09. The van der Waals surface area contributed by atoms with Crippen LogP contribution in [0.3, 0.4) is 0 Å². The van der Waals surface area contributed by atoms with Crippen LogP contribution in [0.1, 0.15) is 0 Å². The Hall–Kier alpha value is -2.24. The molecule has 0 aliphatic heterocycles. The molecule has 1 aromatic carbocycles. The first-order valence-corrected chi connectivity index (χ1v) is 7.53. The average Bonchev–Trinajstić information content (AvgIpc) is 3.11. The van der Waals surface area contributed by atoms with Crippen LogP contribution < -0.4 is 10.6 Å². The van der Waals surface area contributed by atoms with Crippen LogP contribution in [0.15, 0.2) is 60.2 Å². The number of amides is 2. The van der Waals surface area contributed by atoms with Gasteiger partial charge in [-0.05, 0) is 35.7 Å². The van der Waals surface area contributed by atoms with Crippen molar-refractivity contribution in [1.29, 1.82) is 0 Å². The quantitative estimate of drug-likeness (QED) is 0.713. The minimum absolute atomic E-state index is 0.320. The standard InChI is InChI=1S/C15H12ClN3OS/c16-11-5-1-2-6-12(11)17-15(20)18-14-13(7-10-21-14)19-8-3-4-9-19/h1-10H,(H2,17,18,20). The molecule has 4 nitrogen and oxygen atoms in total. The van der Waals surface area contributed by atoms with E-state index >= 15 is 0 Å². The van der Waals surface area contributed by atoms with E-state index in [1.807, 2.05) is 52.7 Å². The maximum absolute atomic E-state index is 12.1. The number of rotatable bonds is 3. The normalized spacial score (nSPS) is 10.3. The lowest BCUT2D eigenvalue weighted by atomic mass is 10.3. The molecule has 3 rings (SSSR count). The van der Waals surface area contributed by atoms with Gasteiger partial charge in [-0.25, -0.2) is 4.79 Å². The number of carbonyl (C=O) groups is 1. The Morgan fingerprint density at radius 1 is 1.05 bits per heavy atom. The van der Waals surface area contributed by atoms with Gasteiger partial charge in [0.05, 0.1) is 16.4 Å². The molecule has 0 aliphatic carbocycles. The molecule has 0 aliphatic rings. The Labute approximate surface area is 131 Å². The summed E-state index contributed by atoms with van der Waals surface area (Å²) in [5, 5.41) is 8.79. The molecule has 2 N–H and O–H groups in total. The molecule has 0 saturated carbocycles. The van der Waals surface area contributed by atoms with Crippen molar-refractivity contribution < 1.29 is 4.79 Å². The number of halogens is 1. The summed E-state index contributed by atoms with van der Waals surface area (Å²) in [6.45, 7) is 0. The van der Waals surface area contributed by atoms with Gasteiger partial charge in [0, 0.05) is 12.4 Å². The van der Waals surface area contributed by atoms with Crippen LogP contribution in [0.25, 0.3) is 5.69 Å². The lowest BCUT2D eigenvalue weighted by molar-refractivity contribution is 0.262. The first kappa shape index (κ1) is 13.7. The van der Waals surface area contributed by atoms with Gasteiger partial charge in [-0.15, -0.1) is 11.3 Å². The number of urea groups is 1. The summed E-state index contributed by atoms with van der Waals surface area (Å²) in [5.41, 5.74) is 1.51. The average molecular weight is 318 g/mol. The summed E-state index contributed by atoms with van der Waals surface area (Å²) in [6.07, 6.45) is 3.86. The number of benzene rings is 1. The SMILES string of the molecule is O=C(Nc1ccccc1Cl)Nc1sccc1-n1cccc1. The van der Waals surface area contributed by atoms with Crippen LogP contribution in [-0.2, 0) is 0 Å². The van der Waals surface area contributed by atoms with Crippen LogP contribution in [0.2, 0.25) is 5.02 Å². The van der Waals surface area contributed by atoms with E-state index < -0.39 is 0 Å². The van der Waals surface area contributed by atoms with Crippen molar-refractivity contribution in [2.75, 3.05) is 10.6 Å². The Balaban J connectivity index is 1.74. The number of aromatic nitrogens is 1. The highest BCUT2D eigenvalue weighted by molar-refractivity contribution is 7.14. The van der Waals surface area contributed by atoms with Gasteiger partial charge >= 0.3 is 6.03 Å². The smallest absolute Gasteiger partial charge is 0.321 e. The molecule has 0 atom stereocenters. The molecule has 0 fully saturated rings. The number of nitrogens with one attached hydrogen (secondary N) is 2. The number of hydrogen-bond acceptors (Lipinski definition) is 2. The van der Waals surface area contributed by atoms with Gasteiger partial charge in [0.1, 0.15) is 5.00 Å². The second-order valence-electron chi connectivity index (χ2n) is 4.28. The fourth-order valence-electron chi connectivity index (χ4n) is 1.91. The Morgan fingerprint density at radius 2 is 1.81 bits per heavy atom. The minimum Gasteiger partial charge on any atom is -0.321 e. The number of hydrogen-bond donors (Lipinski definition) is 2. The molecule has 2 amide bonds. The van der Waals surface area contributed by atoms with Gasteiger partial charge in [-0.2, -0.15) is 0 Å². The monoisotopic (exact) mass is 317 g/mol. The predicted molar refractivity (Wildman–Crippen MR) is 87.7 cm³/mol. The number of carbonyl (C=O) groups excluding carboxylic acids is 1. The van der Waals surface area contributed by atoms with Gasteiger partial charge in [0.15, 0.2) is 0 Å². The maximum Gasteiger partial charge on any atom is 0.324 e. The van der Waals surface area contributed by atoms with Crippen LogP contribution in [0.5, 0.6) is 0 Å². The van der Waals surface area contributed by atoms with E-state index in [1.54, 1.807) is 12.1 Å². The zero-order chi connectivity index (χ0) is 14.7. The molecule has 2 aromatic heterocycles. The van der Waals surface area contributed by atoms with Crippen LogP contribution >= 0.6 is 22.9 Å². The number of thiophene rings is 1. The topological polar surface area (TPSA) is 46.1 Å². The summed E-state index contributed by atoms with van der Waals surface area (Å²) in [4.78, 5) is 12.1. The fraction of sp³-hybridized carbons (Fsp3) is 0. The van der Waals surface area contributed by atoms with E-state index in [-0.39, 0.29) is 6.03 Å². The summed E-state index contributed by atoms with van der Waals surface area (Å²) >= 11 is 7.48. The molecule has 0 radical (unpaired) electrons. The number of nitrogens with zero attached hydrogens (tertiary/aromatic N) is 1. The second kappa shape index (κ2) is 6.03. The first-order valence-electron chi connectivity index (χ1n) is 6.27. The molecule has 106 valence electrons. The highest BCUT2D eigenvalue weighted by Gasteiger charge is 2.10. The molecule has 0 unspecified atom stereocenters. The van der Waals surface area contributed by atoms with E-state index in [9.17, 15) is 4.79 Å². The molecular formula is C15H12ClN3OS. The molecule has 0 saturated heterocycles. The van der Waals surface area contributed by atoms with Gasteiger partial charge < -0.3 is 9.88 Å². The molecule has 6 heteroatoms. The summed E-state index contributed by atoms with van der Waals surface area (Å²) < 4.78 is 1.95. The fourth-order valence-corrected chi connectivity index (χ4v) is 2.88. The minimum atomic E-state index is -0.320. The summed E-state index contributed by atoms with van der Waals surface area (Å²) in [5.74, 6) is 0. The third-order valence-electron chi connectivity index (χ3n) is 2.88. The van der Waals surface area contributed by atoms with E-state index in [1.165, 1.54) is 11.3 Å². The van der Waals surface area contributed by atoms with Gasteiger partial charge in [-0.3, -0.25) is 5.32 Å². The highest BCUT2D eigenvalue weighted by atomic mass is 35.5. The van der Waals surface area contributed by atoms with Crippen molar-refractivity contribution in [3.8, 4) is 5.69 Å². The maximum atomic E-state index is 12.1. The van der Waals surface area contributed by atoms with Crippen molar-refractivity contribution in [3.63, 3.8) is 0 Å².